The number of fused-ring (bicyclic) bond motifs is 1. The molecule has 160 valence electrons. The number of hydrogen-bond acceptors (Lipinski definition) is 3. The molecule has 1 fully saturated rings. The van der Waals surface area contributed by atoms with Crippen molar-refractivity contribution >= 4 is 11.8 Å². The van der Waals surface area contributed by atoms with Gasteiger partial charge in [-0.15, -0.1) is 11.8 Å². The number of piperidine rings is 1. The molecule has 0 radical (unpaired) electrons. The van der Waals surface area contributed by atoms with Crippen molar-refractivity contribution in [2.75, 3.05) is 26.7 Å². The fourth-order valence-corrected chi connectivity index (χ4v) is 6.01. The summed E-state index contributed by atoms with van der Waals surface area (Å²) >= 11 is 2.01. The SMILES string of the molecule is COc1ccc2c(c1)C/C(=C/CCN1CCC(Cc3ccccc3)CC1)C[C@H](C)S2. The molecule has 2 aromatic carbocycles. The first kappa shape index (κ1) is 21.5. The molecule has 1 atom stereocenters. The Morgan fingerprint density at radius 2 is 1.90 bits per heavy atom. The van der Waals surface area contributed by atoms with Crippen LogP contribution in [0.15, 0.2) is 65.1 Å². The molecule has 3 heteroatoms. The van der Waals surface area contributed by atoms with Gasteiger partial charge in [-0.2, -0.15) is 0 Å². The van der Waals surface area contributed by atoms with E-state index in [9.17, 15) is 0 Å². The number of methoxy groups -OCH3 is 1. The average molecular weight is 422 g/mol. The molecule has 1 saturated heterocycles. The van der Waals surface area contributed by atoms with E-state index in [1.165, 1.54) is 67.8 Å². The van der Waals surface area contributed by atoms with Crippen molar-refractivity contribution in [1.29, 1.82) is 0 Å². The van der Waals surface area contributed by atoms with Crippen LogP contribution >= 0.6 is 11.8 Å². The molecule has 2 aliphatic rings. The third kappa shape index (κ3) is 5.92. The maximum absolute atomic E-state index is 5.45. The number of allylic oxidation sites excluding steroid dienone is 1. The Bertz CT molecular complexity index is 839. The molecule has 0 bridgehead atoms. The van der Waals surface area contributed by atoms with Gasteiger partial charge in [-0.25, -0.2) is 0 Å². The van der Waals surface area contributed by atoms with Crippen LogP contribution in [0.1, 0.15) is 43.7 Å². The largest absolute Gasteiger partial charge is 0.497 e. The van der Waals surface area contributed by atoms with Crippen LogP contribution < -0.4 is 4.74 Å². The second-order valence-electron chi connectivity index (χ2n) is 8.91. The zero-order valence-corrected chi connectivity index (χ0v) is 19.3. The van der Waals surface area contributed by atoms with E-state index in [0.29, 0.717) is 5.25 Å². The number of benzene rings is 2. The summed E-state index contributed by atoms with van der Waals surface area (Å²) in [5.41, 5.74) is 4.52. The fourth-order valence-electron chi connectivity index (χ4n) is 4.85. The minimum Gasteiger partial charge on any atom is -0.497 e. The number of likely N-dealkylation sites (tertiary alicyclic amines) is 1. The highest BCUT2D eigenvalue weighted by molar-refractivity contribution is 8.00. The van der Waals surface area contributed by atoms with E-state index in [1.807, 2.05) is 11.8 Å². The molecule has 2 aromatic rings. The molecule has 0 N–H and O–H groups in total. The molecule has 2 heterocycles. The Kier molecular flexibility index (Phi) is 7.57. The van der Waals surface area contributed by atoms with Crippen molar-refractivity contribution in [3.05, 3.63) is 71.3 Å². The maximum atomic E-state index is 5.45. The molecular weight excluding hydrogens is 386 g/mol. The van der Waals surface area contributed by atoms with Crippen molar-refractivity contribution in [1.82, 2.24) is 4.90 Å². The minimum atomic E-state index is 0.639. The molecule has 4 rings (SSSR count). The van der Waals surface area contributed by atoms with E-state index in [0.717, 1.165) is 18.1 Å². The van der Waals surface area contributed by atoms with Crippen LogP contribution in [0.3, 0.4) is 0 Å². The number of rotatable bonds is 6. The standard InChI is InChI=1S/C27H35NOS/c1-21-17-24(19-25-20-26(29-2)10-11-27(25)30-21)9-6-14-28-15-12-23(13-16-28)18-22-7-4-3-5-8-22/h3-5,7-11,20-21,23H,6,12-19H2,1-2H3/b24-9+/t21-/m0/s1. The third-order valence-electron chi connectivity index (χ3n) is 6.52. The molecule has 0 spiro atoms. The fraction of sp³-hybridized carbons (Fsp3) is 0.481. The summed E-state index contributed by atoms with van der Waals surface area (Å²) in [6.45, 7) is 6.07. The van der Waals surface area contributed by atoms with E-state index in [-0.39, 0.29) is 0 Å². The summed E-state index contributed by atoms with van der Waals surface area (Å²) in [5, 5.41) is 0.639. The predicted octanol–water partition coefficient (Wildman–Crippen LogP) is 6.39. The Morgan fingerprint density at radius 1 is 1.10 bits per heavy atom. The van der Waals surface area contributed by atoms with Gasteiger partial charge in [0.1, 0.15) is 5.75 Å². The van der Waals surface area contributed by atoms with Gasteiger partial charge < -0.3 is 9.64 Å². The number of hydrogen-bond donors (Lipinski definition) is 0. The molecule has 2 nitrogen and oxygen atoms in total. The van der Waals surface area contributed by atoms with Gasteiger partial charge in [0.15, 0.2) is 0 Å². The van der Waals surface area contributed by atoms with Crippen molar-refractivity contribution in [2.45, 2.75) is 55.6 Å². The summed E-state index contributed by atoms with van der Waals surface area (Å²) in [7, 11) is 1.76. The van der Waals surface area contributed by atoms with Crippen LogP contribution in [-0.4, -0.2) is 36.9 Å². The van der Waals surface area contributed by atoms with Gasteiger partial charge in [0.2, 0.25) is 0 Å². The second kappa shape index (κ2) is 10.5. The lowest BCUT2D eigenvalue weighted by Crippen LogP contribution is -2.34. The van der Waals surface area contributed by atoms with Gasteiger partial charge >= 0.3 is 0 Å². The van der Waals surface area contributed by atoms with Gasteiger partial charge in [-0.05, 0) is 86.9 Å². The number of ether oxygens (including phenoxy) is 1. The summed E-state index contributed by atoms with van der Waals surface area (Å²) in [6, 6.07) is 17.6. The smallest absolute Gasteiger partial charge is 0.119 e. The summed E-state index contributed by atoms with van der Waals surface area (Å²) in [4.78, 5) is 4.09. The van der Waals surface area contributed by atoms with Gasteiger partial charge in [0.25, 0.3) is 0 Å². The van der Waals surface area contributed by atoms with Crippen molar-refractivity contribution in [3.8, 4) is 5.75 Å². The van der Waals surface area contributed by atoms with Crippen LogP contribution in [-0.2, 0) is 12.8 Å². The monoisotopic (exact) mass is 421 g/mol. The Labute approximate surface area is 186 Å². The lowest BCUT2D eigenvalue weighted by molar-refractivity contribution is 0.187. The van der Waals surface area contributed by atoms with Gasteiger partial charge in [-0.3, -0.25) is 0 Å². The van der Waals surface area contributed by atoms with E-state index >= 15 is 0 Å². The summed E-state index contributed by atoms with van der Waals surface area (Å²) in [6.07, 6.45) is 9.90. The Balaban J connectivity index is 1.27. The molecule has 2 aliphatic heterocycles. The lowest BCUT2D eigenvalue weighted by atomic mass is 9.90. The first-order chi connectivity index (χ1) is 14.7. The Morgan fingerprint density at radius 3 is 2.67 bits per heavy atom. The van der Waals surface area contributed by atoms with E-state index < -0.39 is 0 Å². The number of thioether (sulfide) groups is 1. The first-order valence-electron chi connectivity index (χ1n) is 11.5. The van der Waals surface area contributed by atoms with Crippen LogP contribution in [0.5, 0.6) is 5.75 Å². The highest BCUT2D eigenvalue weighted by Crippen LogP contribution is 2.37. The first-order valence-corrected chi connectivity index (χ1v) is 12.4. The quantitative estimate of drug-likeness (QED) is 0.501. The normalized spacial score (nSPS) is 21.9. The topological polar surface area (TPSA) is 12.5 Å². The summed E-state index contributed by atoms with van der Waals surface area (Å²) < 4.78 is 5.45. The zero-order chi connectivity index (χ0) is 20.8. The van der Waals surface area contributed by atoms with Crippen LogP contribution in [0.4, 0.5) is 0 Å². The molecular formula is C27H35NOS. The van der Waals surface area contributed by atoms with Crippen LogP contribution in [0.2, 0.25) is 0 Å². The third-order valence-corrected chi connectivity index (χ3v) is 7.74. The van der Waals surface area contributed by atoms with Gasteiger partial charge in [0, 0.05) is 16.7 Å². The predicted molar refractivity (Wildman–Crippen MR) is 129 cm³/mol. The Hall–Kier alpha value is -1.71. The van der Waals surface area contributed by atoms with E-state index in [4.69, 9.17) is 4.74 Å². The highest BCUT2D eigenvalue weighted by atomic mass is 32.2. The second-order valence-corrected chi connectivity index (χ2v) is 10.4. The van der Waals surface area contributed by atoms with Gasteiger partial charge in [0.05, 0.1) is 7.11 Å². The van der Waals surface area contributed by atoms with Crippen LogP contribution in [0.25, 0.3) is 0 Å². The average Bonchev–Trinajstić information content (AvgIpc) is 2.92. The zero-order valence-electron chi connectivity index (χ0n) is 18.5. The van der Waals surface area contributed by atoms with Crippen molar-refractivity contribution < 1.29 is 4.74 Å². The van der Waals surface area contributed by atoms with E-state index in [2.05, 4.69) is 66.4 Å². The van der Waals surface area contributed by atoms with Crippen molar-refractivity contribution in [3.63, 3.8) is 0 Å². The van der Waals surface area contributed by atoms with E-state index in [1.54, 1.807) is 12.7 Å². The minimum absolute atomic E-state index is 0.639. The molecule has 0 unspecified atom stereocenters. The van der Waals surface area contributed by atoms with Crippen molar-refractivity contribution in [2.24, 2.45) is 5.92 Å². The molecule has 0 amide bonds. The molecule has 0 aliphatic carbocycles. The molecule has 0 saturated carbocycles. The highest BCUT2D eigenvalue weighted by Gasteiger charge is 2.20. The van der Waals surface area contributed by atoms with Gasteiger partial charge in [-0.1, -0.05) is 48.9 Å². The molecule has 0 aromatic heterocycles. The molecule has 30 heavy (non-hydrogen) atoms. The maximum Gasteiger partial charge on any atom is 0.119 e. The lowest BCUT2D eigenvalue weighted by Gasteiger charge is -2.31. The number of nitrogens with zero attached hydrogens (tertiary/aromatic N) is 1. The van der Waals surface area contributed by atoms with Crippen LogP contribution in [0, 0.1) is 5.92 Å². The summed E-state index contributed by atoms with van der Waals surface area (Å²) in [5.74, 6) is 1.83.